The predicted molar refractivity (Wildman–Crippen MR) is 106 cm³/mol. The third-order valence-electron chi connectivity index (χ3n) is 3.87. The van der Waals surface area contributed by atoms with Gasteiger partial charge >= 0.3 is 0 Å². The molecule has 2 aromatic carbocycles. The van der Waals surface area contributed by atoms with Crippen LogP contribution in [-0.4, -0.2) is 16.4 Å². The standard InChI is InChI=1S/C19H18N4O2.ClH/c1-11-7-12(2)9-13(8-11)23-10-16(17(24)22-19(20)21)14-5-3-4-6-15(14)18(23)25;/h3-10H,1-2H3,(H4,20,21,22,24);1H. The van der Waals surface area contributed by atoms with Crippen molar-refractivity contribution in [1.82, 2.24) is 4.57 Å². The molecule has 26 heavy (non-hydrogen) atoms. The minimum absolute atomic E-state index is 0. The second-order valence-electron chi connectivity index (χ2n) is 5.95. The highest BCUT2D eigenvalue weighted by atomic mass is 35.5. The number of amides is 1. The van der Waals surface area contributed by atoms with Gasteiger partial charge in [0, 0.05) is 22.7 Å². The summed E-state index contributed by atoms with van der Waals surface area (Å²) >= 11 is 0. The summed E-state index contributed by atoms with van der Waals surface area (Å²) in [6, 6.07) is 12.7. The summed E-state index contributed by atoms with van der Waals surface area (Å²) in [6.07, 6.45) is 1.49. The first-order chi connectivity index (χ1) is 11.9. The van der Waals surface area contributed by atoms with Crippen molar-refractivity contribution in [2.45, 2.75) is 13.8 Å². The number of pyridine rings is 1. The molecule has 0 unspecified atom stereocenters. The first-order valence-corrected chi connectivity index (χ1v) is 7.74. The molecule has 0 saturated heterocycles. The summed E-state index contributed by atoms with van der Waals surface area (Å²) in [7, 11) is 0. The van der Waals surface area contributed by atoms with E-state index in [1.807, 2.05) is 32.0 Å². The van der Waals surface area contributed by atoms with Crippen molar-refractivity contribution in [2.24, 2.45) is 16.5 Å². The third-order valence-corrected chi connectivity index (χ3v) is 3.87. The Kier molecular flexibility index (Phi) is 5.47. The highest BCUT2D eigenvalue weighted by molar-refractivity contribution is 6.10. The number of benzene rings is 2. The number of guanidine groups is 1. The van der Waals surface area contributed by atoms with E-state index in [4.69, 9.17) is 11.5 Å². The van der Waals surface area contributed by atoms with Crippen molar-refractivity contribution in [3.05, 3.63) is 75.7 Å². The average Bonchev–Trinajstić information content (AvgIpc) is 2.53. The van der Waals surface area contributed by atoms with Gasteiger partial charge in [-0.1, -0.05) is 24.3 Å². The Morgan fingerprint density at radius 2 is 1.58 bits per heavy atom. The van der Waals surface area contributed by atoms with E-state index >= 15 is 0 Å². The molecule has 6 nitrogen and oxygen atoms in total. The Balaban J connectivity index is 0.00000243. The molecule has 0 spiro atoms. The zero-order chi connectivity index (χ0) is 18.1. The predicted octanol–water partition coefficient (Wildman–Crippen LogP) is 2.44. The van der Waals surface area contributed by atoms with Gasteiger partial charge in [0.2, 0.25) is 0 Å². The summed E-state index contributed by atoms with van der Waals surface area (Å²) in [5.41, 5.74) is 13.5. The van der Waals surface area contributed by atoms with Crippen molar-refractivity contribution in [1.29, 1.82) is 0 Å². The number of hydrogen-bond donors (Lipinski definition) is 2. The van der Waals surface area contributed by atoms with E-state index in [1.54, 1.807) is 24.3 Å². The molecule has 0 saturated carbocycles. The summed E-state index contributed by atoms with van der Waals surface area (Å²) < 4.78 is 1.46. The van der Waals surface area contributed by atoms with Gasteiger partial charge in [0.25, 0.3) is 11.5 Å². The molecule has 0 aliphatic rings. The van der Waals surface area contributed by atoms with Gasteiger partial charge in [-0.3, -0.25) is 14.2 Å². The highest BCUT2D eigenvalue weighted by Crippen LogP contribution is 2.20. The molecule has 1 heterocycles. The number of aliphatic imine (C=N–C) groups is 1. The highest BCUT2D eigenvalue weighted by Gasteiger charge is 2.15. The third kappa shape index (κ3) is 3.60. The van der Waals surface area contributed by atoms with E-state index in [9.17, 15) is 9.59 Å². The van der Waals surface area contributed by atoms with Crippen LogP contribution in [0.2, 0.25) is 0 Å². The van der Waals surface area contributed by atoms with Gasteiger partial charge in [-0.25, -0.2) is 0 Å². The molecule has 3 aromatic rings. The smallest absolute Gasteiger partial charge is 0.282 e. The van der Waals surface area contributed by atoms with Crippen molar-refractivity contribution >= 4 is 35.0 Å². The van der Waals surface area contributed by atoms with Crippen molar-refractivity contribution < 1.29 is 4.79 Å². The number of carbonyl (C=O) groups excluding carboxylic acids is 1. The Morgan fingerprint density at radius 3 is 2.15 bits per heavy atom. The van der Waals surface area contributed by atoms with Crippen LogP contribution in [0.1, 0.15) is 21.5 Å². The van der Waals surface area contributed by atoms with Crippen LogP contribution in [0, 0.1) is 13.8 Å². The number of hydrogen-bond acceptors (Lipinski definition) is 2. The molecule has 134 valence electrons. The lowest BCUT2D eigenvalue weighted by molar-refractivity contribution is 0.100. The molecule has 0 atom stereocenters. The summed E-state index contributed by atoms with van der Waals surface area (Å²) in [4.78, 5) is 29.0. The van der Waals surface area contributed by atoms with Crippen LogP contribution in [0.5, 0.6) is 0 Å². The van der Waals surface area contributed by atoms with Gasteiger partial charge in [0.05, 0.1) is 5.56 Å². The number of fused-ring (bicyclic) bond motifs is 1. The van der Waals surface area contributed by atoms with E-state index in [2.05, 4.69) is 4.99 Å². The molecule has 4 N–H and O–H groups in total. The summed E-state index contributed by atoms with van der Waals surface area (Å²) in [5, 5.41) is 0.946. The maximum atomic E-state index is 12.9. The summed E-state index contributed by atoms with van der Waals surface area (Å²) in [5.74, 6) is -0.910. The van der Waals surface area contributed by atoms with Gasteiger partial charge < -0.3 is 11.5 Å². The summed E-state index contributed by atoms with van der Waals surface area (Å²) in [6.45, 7) is 3.90. The van der Waals surface area contributed by atoms with Crippen molar-refractivity contribution in [2.75, 3.05) is 0 Å². The Bertz CT molecular complexity index is 1060. The van der Waals surface area contributed by atoms with E-state index < -0.39 is 5.91 Å². The minimum atomic E-state index is -0.589. The molecule has 1 aromatic heterocycles. The van der Waals surface area contributed by atoms with Crippen molar-refractivity contribution in [3.63, 3.8) is 0 Å². The Hall–Kier alpha value is -3.12. The fourth-order valence-corrected chi connectivity index (χ4v) is 2.92. The quantitative estimate of drug-likeness (QED) is 0.534. The normalized spacial score (nSPS) is 10.2. The fourth-order valence-electron chi connectivity index (χ4n) is 2.92. The van der Waals surface area contributed by atoms with Crippen LogP contribution in [-0.2, 0) is 0 Å². The molecule has 0 aliphatic heterocycles. The fraction of sp³-hybridized carbons (Fsp3) is 0.105. The number of halogens is 1. The van der Waals surface area contributed by atoms with E-state index in [0.717, 1.165) is 11.1 Å². The maximum absolute atomic E-state index is 12.9. The van der Waals surface area contributed by atoms with Gasteiger partial charge in [0.15, 0.2) is 5.96 Å². The number of aryl methyl sites for hydroxylation is 2. The maximum Gasteiger partial charge on any atom is 0.282 e. The second kappa shape index (κ2) is 7.41. The van der Waals surface area contributed by atoms with Crippen molar-refractivity contribution in [3.8, 4) is 5.69 Å². The van der Waals surface area contributed by atoms with E-state index in [0.29, 0.717) is 16.5 Å². The van der Waals surface area contributed by atoms with Crippen LogP contribution in [0.15, 0.2) is 58.4 Å². The Morgan fingerprint density at radius 1 is 1.00 bits per heavy atom. The van der Waals surface area contributed by atoms with Gasteiger partial charge in [-0.15, -0.1) is 12.4 Å². The van der Waals surface area contributed by atoms with Crippen LogP contribution < -0.4 is 17.0 Å². The van der Waals surface area contributed by atoms with Crippen LogP contribution in [0.25, 0.3) is 16.5 Å². The molecule has 0 fully saturated rings. The number of nitrogens with two attached hydrogens (primary N) is 2. The SMILES string of the molecule is Cc1cc(C)cc(-n2cc(C(=O)N=C(N)N)c3ccccc3c2=O)c1.Cl. The van der Waals surface area contributed by atoms with Gasteiger partial charge in [-0.2, -0.15) is 4.99 Å². The van der Waals surface area contributed by atoms with Crippen LogP contribution in [0.3, 0.4) is 0 Å². The second-order valence-corrected chi connectivity index (χ2v) is 5.95. The molecule has 7 heteroatoms. The number of aromatic nitrogens is 1. The average molecular weight is 371 g/mol. The number of carbonyl (C=O) groups is 1. The monoisotopic (exact) mass is 370 g/mol. The van der Waals surface area contributed by atoms with Gasteiger partial charge in [0.1, 0.15) is 0 Å². The number of rotatable bonds is 2. The van der Waals surface area contributed by atoms with E-state index in [-0.39, 0.29) is 29.5 Å². The molecule has 1 amide bonds. The molecule has 0 bridgehead atoms. The van der Waals surface area contributed by atoms with E-state index in [1.165, 1.54) is 10.8 Å². The lowest BCUT2D eigenvalue weighted by Gasteiger charge is -2.12. The Labute approximate surface area is 156 Å². The van der Waals surface area contributed by atoms with Crippen LogP contribution in [0.4, 0.5) is 0 Å². The minimum Gasteiger partial charge on any atom is -0.370 e. The number of nitrogens with zero attached hydrogens (tertiary/aromatic N) is 2. The first-order valence-electron chi connectivity index (χ1n) is 7.74. The van der Waals surface area contributed by atoms with Gasteiger partial charge in [-0.05, 0) is 43.2 Å². The zero-order valence-electron chi connectivity index (χ0n) is 14.4. The molecular formula is C19H19ClN4O2. The molecule has 3 rings (SSSR count). The lowest BCUT2D eigenvalue weighted by atomic mass is 10.1. The molecule has 0 aliphatic carbocycles. The largest absolute Gasteiger partial charge is 0.370 e. The first kappa shape index (κ1) is 19.2. The molecule has 0 radical (unpaired) electrons. The molecular weight excluding hydrogens is 352 g/mol. The lowest BCUT2D eigenvalue weighted by Crippen LogP contribution is -2.25. The zero-order valence-corrected chi connectivity index (χ0v) is 15.2. The topological polar surface area (TPSA) is 103 Å². The van der Waals surface area contributed by atoms with Crippen LogP contribution >= 0.6 is 12.4 Å².